The number of nitrogens with zero attached hydrogens (tertiary/aromatic N) is 6. The van der Waals surface area contributed by atoms with E-state index in [-0.39, 0.29) is 6.04 Å². The molecule has 6 nitrogen and oxygen atoms in total. The normalized spacial score (nSPS) is 17.1. The van der Waals surface area contributed by atoms with Gasteiger partial charge in [-0.05, 0) is 50.9 Å². The average Bonchev–Trinajstić information content (AvgIpc) is 3.13. The molecule has 1 saturated heterocycles. The van der Waals surface area contributed by atoms with Crippen molar-refractivity contribution >= 4 is 17.5 Å². The summed E-state index contributed by atoms with van der Waals surface area (Å²) in [5, 5.41) is 5.28. The van der Waals surface area contributed by atoms with Gasteiger partial charge in [0.25, 0.3) is 0 Å². The van der Waals surface area contributed by atoms with E-state index in [1.54, 1.807) is 0 Å². The predicted molar refractivity (Wildman–Crippen MR) is 126 cm³/mol. The summed E-state index contributed by atoms with van der Waals surface area (Å²) in [6.07, 6.45) is 7.46. The quantitative estimate of drug-likeness (QED) is 0.534. The zero-order valence-corrected chi connectivity index (χ0v) is 19.6. The Labute approximate surface area is 189 Å². The molecule has 0 saturated carbocycles. The molecule has 164 valence electrons. The van der Waals surface area contributed by atoms with Crippen LogP contribution in [0.25, 0.3) is 11.1 Å². The standard InChI is InChI=1S/C24H31ClN6/c1-5-31-17(2)19(14-27-31)16-30-12-7-6-11-22(30)23-21(15-26-24(28-23)29(3)4)18-9-8-10-20(25)13-18/h8-10,13-15,22H,5-7,11-12,16H2,1-4H3. The molecule has 1 atom stereocenters. The molecule has 31 heavy (non-hydrogen) atoms. The second-order valence-corrected chi connectivity index (χ2v) is 8.86. The number of benzene rings is 1. The zero-order valence-electron chi connectivity index (χ0n) is 18.8. The summed E-state index contributed by atoms with van der Waals surface area (Å²) in [5.74, 6) is 0.737. The van der Waals surface area contributed by atoms with E-state index in [0.717, 1.165) is 53.8 Å². The first kappa shape index (κ1) is 21.8. The molecule has 4 rings (SSSR count). The maximum Gasteiger partial charge on any atom is 0.225 e. The smallest absolute Gasteiger partial charge is 0.225 e. The third-order valence-electron chi connectivity index (χ3n) is 6.15. The molecule has 0 bridgehead atoms. The van der Waals surface area contributed by atoms with Crippen LogP contribution in [0.4, 0.5) is 5.95 Å². The summed E-state index contributed by atoms with van der Waals surface area (Å²) >= 11 is 6.32. The first-order valence-corrected chi connectivity index (χ1v) is 11.4. The summed E-state index contributed by atoms with van der Waals surface area (Å²) in [6.45, 7) is 7.13. The van der Waals surface area contributed by atoms with E-state index < -0.39 is 0 Å². The minimum absolute atomic E-state index is 0.230. The van der Waals surface area contributed by atoms with Crippen molar-refractivity contribution in [2.45, 2.75) is 52.2 Å². The highest BCUT2D eigenvalue weighted by atomic mass is 35.5. The van der Waals surface area contributed by atoms with E-state index in [0.29, 0.717) is 0 Å². The Hall–Kier alpha value is -2.44. The molecule has 7 heteroatoms. The van der Waals surface area contributed by atoms with Crippen LogP contribution in [0.5, 0.6) is 0 Å². The SMILES string of the molecule is CCn1ncc(CN2CCCCC2c2nc(N(C)C)ncc2-c2cccc(Cl)c2)c1C. The molecule has 1 aliphatic heterocycles. The lowest BCUT2D eigenvalue weighted by atomic mass is 9.93. The van der Waals surface area contributed by atoms with Gasteiger partial charge < -0.3 is 4.90 Å². The summed E-state index contributed by atoms with van der Waals surface area (Å²) in [4.78, 5) is 14.2. The van der Waals surface area contributed by atoms with E-state index in [4.69, 9.17) is 16.6 Å². The first-order valence-electron chi connectivity index (χ1n) is 11.0. The summed E-state index contributed by atoms with van der Waals surface area (Å²) < 4.78 is 2.07. The van der Waals surface area contributed by atoms with Gasteiger partial charge in [-0.25, -0.2) is 9.97 Å². The van der Waals surface area contributed by atoms with Crippen LogP contribution in [-0.2, 0) is 13.1 Å². The number of rotatable bonds is 6. The van der Waals surface area contributed by atoms with E-state index in [9.17, 15) is 0 Å². The maximum absolute atomic E-state index is 6.32. The molecule has 1 fully saturated rings. The van der Waals surface area contributed by atoms with Gasteiger partial charge in [-0.15, -0.1) is 0 Å². The van der Waals surface area contributed by atoms with Gasteiger partial charge >= 0.3 is 0 Å². The third-order valence-corrected chi connectivity index (χ3v) is 6.38. The van der Waals surface area contributed by atoms with E-state index in [2.05, 4.69) is 39.6 Å². The second-order valence-electron chi connectivity index (χ2n) is 8.43. The fourth-order valence-electron chi connectivity index (χ4n) is 4.40. The van der Waals surface area contributed by atoms with Crippen molar-refractivity contribution < 1.29 is 0 Å². The molecule has 0 amide bonds. The van der Waals surface area contributed by atoms with E-state index >= 15 is 0 Å². The molecular weight excluding hydrogens is 408 g/mol. The molecule has 1 aromatic carbocycles. The van der Waals surface area contributed by atoms with Gasteiger partial charge in [-0.2, -0.15) is 5.10 Å². The molecule has 0 spiro atoms. The fraction of sp³-hybridized carbons (Fsp3) is 0.458. The van der Waals surface area contributed by atoms with Gasteiger partial charge in [0.2, 0.25) is 5.95 Å². The highest BCUT2D eigenvalue weighted by Crippen LogP contribution is 2.37. The second kappa shape index (κ2) is 9.37. The van der Waals surface area contributed by atoms with Crippen LogP contribution in [0.15, 0.2) is 36.7 Å². The van der Waals surface area contributed by atoms with Crippen molar-refractivity contribution in [3.8, 4) is 11.1 Å². The van der Waals surface area contributed by atoms with Crippen LogP contribution in [0, 0.1) is 6.92 Å². The minimum Gasteiger partial charge on any atom is -0.347 e. The number of piperidine rings is 1. The fourth-order valence-corrected chi connectivity index (χ4v) is 4.59. The molecule has 0 radical (unpaired) electrons. The molecule has 1 aliphatic rings. The Morgan fingerprint density at radius 2 is 2.03 bits per heavy atom. The van der Waals surface area contributed by atoms with E-state index in [1.807, 2.05) is 49.6 Å². The molecule has 0 N–H and O–H groups in total. The van der Waals surface area contributed by atoms with Crippen molar-refractivity contribution in [1.82, 2.24) is 24.6 Å². The van der Waals surface area contributed by atoms with Crippen LogP contribution in [0.1, 0.15) is 49.2 Å². The monoisotopic (exact) mass is 438 g/mol. The third kappa shape index (κ3) is 4.60. The molecule has 1 unspecified atom stereocenters. The summed E-state index contributed by atoms with van der Waals surface area (Å²) in [7, 11) is 3.97. The Bertz CT molecular complexity index is 1040. The maximum atomic E-state index is 6.32. The topological polar surface area (TPSA) is 50.1 Å². The Kier molecular flexibility index (Phi) is 6.58. The Balaban J connectivity index is 1.75. The van der Waals surface area contributed by atoms with Crippen molar-refractivity contribution in [2.24, 2.45) is 0 Å². The zero-order chi connectivity index (χ0) is 22.0. The first-order chi connectivity index (χ1) is 15.0. The van der Waals surface area contributed by atoms with Gasteiger partial charge in [0.05, 0.1) is 17.9 Å². The van der Waals surface area contributed by atoms with Crippen LogP contribution in [-0.4, -0.2) is 45.3 Å². The summed E-state index contributed by atoms with van der Waals surface area (Å²) in [5.41, 5.74) is 5.75. The number of hydrogen-bond donors (Lipinski definition) is 0. The molecule has 3 heterocycles. The highest BCUT2D eigenvalue weighted by Gasteiger charge is 2.29. The largest absolute Gasteiger partial charge is 0.347 e. The number of aryl methyl sites for hydroxylation is 1. The lowest BCUT2D eigenvalue weighted by Crippen LogP contribution is -2.34. The Morgan fingerprint density at radius 1 is 1.19 bits per heavy atom. The molecular formula is C24H31ClN6. The number of hydrogen-bond acceptors (Lipinski definition) is 5. The van der Waals surface area contributed by atoms with Crippen molar-refractivity contribution in [3.63, 3.8) is 0 Å². The van der Waals surface area contributed by atoms with Crippen molar-refractivity contribution in [2.75, 3.05) is 25.5 Å². The van der Waals surface area contributed by atoms with Gasteiger partial charge in [0.15, 0.2) is 0 Å². The predicted octanol–water partition coefficient (Wildman–Crippen LogP) is 5.12. The van der Waals surface area contributed by atoms with Crippen molar-refractivity contribution in [1.29, 1.82) is 0 Å². The lowest BCUT2D eigenvalue weighted by molar-refractivity contribution is 0.137. The van der Waals surface area contributed by atoms with Crippen LogP contribution in [0.3, 0.4) is 0 Å². The van der Waals surface area contributed by atoms with E-state index in [1.165, 1.54) is 24.1 Å². The molecule has 2 aromatic heterocycles. The number of aromatic nitrogens is 4. The lowest BCUT2D eigenvalue weighted by Gasteiger charge is -2.36. The number of halogens is 1. The van der Waals surface area contributed by atoms with Crippen molar-refractivity contribution in [3.05, 3.63) is 58.6 Å². The average molecular weight is 439 g/mol. The number of anilines is 1. The van der Waals surface area contributed by atoms with Gasteiger partial charge in [-0.3, -0.25) is 9.58 Å². The van der Waals surface area contributed by atoms with Gasteiger partial charge in [0, 0.05) is 55.2 Å². The van der Waals surface area contributed by atoms with Crippen LogP contribution < -0.4 is 4.90 Å². The molecule has 3 aromatic rings. The van der Waals surface area contributed by atoms with Crippen LogP contribution in [0.2, 0.25) is 5.02 Å². The highest BCUT2D eigenvalue weighted by molar-refractivity contribution is 6.30. The molecule has 0 aliphatic carbocycles. The minimum atomic E-state index is 0.230. The van der Waals surface area contributed by atoms with Gasteiger partial charge in [0.1, 0.15) is 0 Å². The van der Waals surface area contributed by atoms with Crippen LogP contribution >= 0.6 is 11.6 Å². The van der Waals surface area contributed by atoms with Gasteiger partial charge in [-0.1, -0.05) is 30.2 Å². The Morgan fingerprint density at radius 3 is 2.74 bits per heavy atom. The summed E-state index contributed by atoms with van der Waals surface area (Å²) in [6, 6.07) is 8.21. The number of likely N-dealkylation sites (tertiary alicyclic amines) is 1.